The molecule has 2 amide bonds. The monoisotopic (exact) mass is 837 g/mol. The van der Waals surface area contributed by atoms with Gasteiger partial charge in [0.2, 0.25) is 17.5 Å². The second-order valence-electron chi connectivity index (χ2n) is 17.4. The highest BCUT2D eigenvalue weighted by Crippen LogP contribution is 2.48. The highest BCUT2D eigenvalue weighted by molar-refractivity contribution is 6.03. The Labute approximate surface area is 363 Å². The van der Waals surface area contributed by atoms with Crippen molar-refractivity contribution in [3.05, 3.63) is 94.5 Å². The topological polar surface area (TPSA) is 131 Å². The number of aromatic nitrogens is 3. The number of carbonyl (C=O) groups excluding carboxylic acids is 3. The predicted octanol–water partition coefficient (Wildman–Crippen LogP) is 7.36. The van der Waals surface area contributed by atoms with Crippen LogP contribution in [-0.2, 0) is 47.7 Å². The molecule has 330 valence electrons. The van der Waals surface area contributed by atoms with Gasteiger partial charge in [-0.1, -0.05) is 67.8 Å². The van der Waals surface area contributed by atoms with E-state index in [0.29, 0.717) is 65.0 Å². The lowest BCUT2D eigenvalue weighted by molar-refractivity contribution is -0.438. The zero-order valence-corrected chi connectivity index (χ0v) is 37.9. The van der Waals surface area contributed by atoms with Crippen LogP contribution in [0, 0.1) is 13.8 Å². The number of hydrogen-bond acceptors (Lipinski definition) is 8. The first-order chi connectivity index (χ1) is 29.4. The number of carbonyl (C=O) groups is 3. The molecule has 0 radical (unpaired) electrons. The summed E-state index contributed by atoms with van der Waals surface area (Å²) in [6.07, 6.45) is 16.7. The van der Waals surface area contributed by atoms with Crippen LogP contribution in [0.4, 0.5) is 11.4 Å². The molecule has 0 fully saturated rings. The van der Waals surface area contributed by atoms with Crippen LogP contribution in [0.2, 0.25) is 0 Å². The van der Waals surface area contributed by atoms with E-state index in [4.69, 9.17) is 9.47 Å². The van der Waals surface area contributed by atoms with E-state index >= 15 is 0 Å². The number of aldehydes is 1. The van der Waals surface area contributed by atoms with Gasteiger partial charge in [-0.3, -0.25) is 14.3 Å². The number of benzene rings is 2. The Morgan fingerprint density at radius 2 is 1.56 bits per heavy atom. The van der Waals surface area contributed by atoms with Crippen LogP contribution in [0.5, 0.6) is 0 Å². The SMILES string of the molecule is CCCCN1/C(=C/C=C/C2=[N+](CCCCCC(=O)NCCCn3cc(CCC(=O)NCCOCCOCC=O)nn3)c3ccc(C)cc3C2(C)C)C(C)(C)c2cc(C)ccc21. The number of amides is 2. The quantitative estimate of drug-likeness (QED) is 0.0488. The number of rotatable bonds is 26. The highest BCUT2D eigenvalue weighted by atomic mass is 16.5. The molecule has 12 nitrogen and oxygen atoms in total. The third kappa shape index (κ3) is 12.8. The molecule has 1 aromatic heterocycles. The Balaban J connectivity index is 1.06. The molecule has 2 aliphatic heterocycles. The number of aryl methyl sites for hydroxylation is 4. The number of fused-ring (bicyclic) bond motifs is 2. The fraction of sp³-hybridized carbons (Fsp3) is 0.551. The van der Waals surface area contributed by atoms with Crippen molar-refractivity contribution in [3.8, 4) is 0 Å². The van der Waals surface area contributed by atoms with Crippen molar-refractivity contribution in [2.75, 3.05) is 57.5 Å². The normalized spacial score (nSPS) is 15.8. The third-order valence-electron chi connectivity index (χ3n) is 11.8. The van der Waals surface area contributed by atoms with Crippen LogP contribution >= 0.6 is 0 Å². The molecule has 3 heterocycles. The van der Waals surface area contributed by atoms with Crippen LogP contribution in [0.3, 0.4) is 0 Å². The first-order valence-corrected chi connectivity index (χ1v) is 22.4. The third-order valence-corrected chi connectivity index (χ3v) is 11.8. The van der Waals surface area contributed by atoms with Crippen LogP contribution in [0.25, 0.3) is 0 Å². The Morgan fingerprint density at radius 3 is 2.34 bits per heavy atom. The van der Waals surface area contributed by atoms with Gasteiger partial charge in [0.15, 0.2) is 5.71 Å². The van der Waals surface area contributed by atoms with Gasteiger partial charge in [-0.15, -0.1) is 5.10 Å². The second-order valence-corrected chi connectivity index (χ2v) is 17.4. The molecule has 0 bridgehead atoms. The molecule has 0 aliphatic carbocycles. The van der Waals surface area contributed by atoms with E-state index in [1.807, 2.05) is 6.20 Å². The number of unbranched alkanes of at least 4 members (excludes halogenated alkanes) is 3. The molecule has 0 spiro atoms. The molecule has 2 N–H and O–H groups in total. The number of nitrogens with zero attached hydrogens (tertiary/aromatic N) is 5. The van der Waals surface area contributed by atoms with E-state index in [9.17, 15) is 14.4 Å². The maximum absolute atomic E-state index is 12.7. The first-order valence-electron chi connectivity index (χ1n) is 22.4. The van der Waals surface area contributed by atoms with Crippen molar-refractivity contribution in [1.29, 1.82) is 0 Å². The second kappa shape index (κ2) is 22.8. The zero-order chi connectivity index (χ0) is 43.8. The summed E-state index contributed by atoms with van der Waals surface area (Å²) < 4.78 is 14.6. The van der Waals surface area contributed by atoms with Crippen LogP contribution < -0.4 is 15.5 Å². The smallest absolute Gasteiger partial charge is 0.220 e. The Hall–Kier alpha value is -4.94. The summed E-state index contributed by atoms with van der Waals surface area (Å²) in [5.41, 5.74) is 11.2. The Bertz CT molecular complexity index is 2050. The zero-order valence-electron chi connectivity index (χ0n) is 37.9. The summed E-state index contributed by atoms with van der Waals surface area (Å²) in [6, 6.07) is 13.8. The average Bonchev–Trinajstić information content (AvgIpc) is 3.83. The standard InChI is InChI=1S/C49H69N7O5/c1-8-9-27-55-42-21-18-37(2)34-40(42)48(4,5)44(55)15-13-16-45-49(6,7)41-35-38(3)19-22-43(41)56(45)28-12-10-11-17-46(58)50-24-14-26-54-36-39(52-53-54)20-23-47(59)51-25-30-60-32-33-61-31-29-57/h13,15-16,18-19,21-22,29,34-36H,8-12,14,17,20,23-28,30-33H2,1-7H3,(H-,50,51,58,59)/p+1. The van der Waals surface area contributed by atoms with Gasteiger partial charge in [0.05, 0.1) is 30.9 Å². The molecular weight excluding hydrogens is 767 g/mol. The van der Waals surface area contributed by atoms with E-state index < -0.39 is 0 Å². The molecule has 3 aromatic rings. The summed E-state index contributed by atoms with van der Waals surface area (Å²) >= 11 is 0. The molecular formula is C49H70N7O5+. The van der Waals surface area contributed by atoms with Crippen molar-refractivity contribution in [2.24, 2.45) is 0 Å². The van der Waals surface area contributed by atoms with Gasteiger partial charge in [0.1, 0.15) is 19.4 Å². The van der Waals surface area contributed by atoms with Gasteiger partial charge in [-0.25, -0.2) is 0 Å². The highest BCUT2D eigenvalue weighted by Gasteiger charge is 2.44. The number of nitrogens with one attached hydrogen (secondary N) is 2. The molecule has 12 heteroatoms. The maximum atomic E-state index is 12.7. The maximum Gasteiger partial charge on any atom is 0.220 e. The van der Waals surface area contributed by atoms with Crippen LogP contribution in [0.1, 0.15) is 114 Å². The van der Waals surface area contributed by atoms with Gasteiger partial charge in [0, 0.05) is 92.6 Å². The summed E-state index contributed by atoms with van der Waals surface area (Å²) in [5.74, 6) is -0.00397. The number of hydrogen-bond donors (Lipinski definition) is 2. The predicted molar refractivity (Wildman–Crippen MR) is 243 cm³/mol. The molecule has 0 atom stereocenters. The van der Waals surface area contributed by atoms with E-state index in [0.717, 1.165) is 57.3 Å². The fourth-order valence-corrected chi connectivity index (χ4v) is 8.40. The van der Waals surface area contributed by atoms with Crippen LogP contribution in [0.15, 0.2) is 66.5 Å². The summed E-state index contributed by atoms with van der Waals surface area (Å²) in [5, 5.41) is 14.3. The average molecular weight is 837 g/mol. The molecule has 0 saturated carbocycles. The lowest BCUT2D eigenvalue weighted by atomic mass is 9.80. The van der Waals surface area contributed by atoms with E-state index in [1.165, 1.54) is 45.0 Å². The number of anilines is 1. The van der Waals surface area contributed by atoms with Crippen molar-refractivity contribution >= 4 is 35.2 Å². The summed E-state index contributed by atoms with van der Waals surface area (Å²) in [6.45, 7) is 20.7. The van der Waals surface area contributed by atoms with Gasteiger partial charge in [-0.2, -0.15) is 4.58 Å². The summed E-state index contributed by atoms with van der Waals surface area (Å²) in [4.78, 5) is 37.6. The van der Waals surface area contributed by atoms with E-state index in [2.05, 4.69) is 134 Å². The van der Waals surface area contributed by atoms with Crippen LogP contribution in [-0.4, -0.2) is 96.0 Å². The first kappa shape index (κ1) is 47.1. The van der Waals surface area contributed by atoms with Gasteiger partial charge >= 0.3 is 0 Å². The molecule has 0 saturated heterocycles. The lowest BCUT2D eigenvalue weighted by Crippen LogP contribution is -2.28. The molecule has 2 aromatic carbocycles. The minimum absolute atomic E-state index is 0.0596. The lowest BCUT2D eigenvalue weighted by Gasteiger charge is -2.27. The Kier molecular flexibility index (Phi) is 17.6. The van der Waals surface area contributed by atoms with E-state index in [1.54, 1.807) is 4.68 Å². The fourth-order valence-electron chi connectivity index (χ4n) is 8.40. The molecule has 61 heavy (non-hydrogen) atoms. The molecule has 0 unspecified atom stereocenters. The van der Waals surface area contributed by atoms with Crippen molar-refractivity contribution in [1.82, 2.24) is 25.6 Å². The van der Waals surface area contributed by atoms with Gasteiger partial charge in [-0.05, 0) is 77.2 Å². The van der Waals surface area contributed by atoms with Crippen molar-refractivity contribution < 1.29 is 28.4 Å². The van der Waals surface area contributed by atoms with Crippen molar-refractivity contribution in [2.45, 2.75) is 124 Å². The van der Waals surface area contributed by atoms with Crippen molar-refractivity contribution in [3.63, 3.8) is 0 Å². The Morgan fingerprint density at radius 1 is 0.820 bits per heavy atom. The largest absolute Gasteiger partial charge is 0.377 e. The molecule has 5 rings (SSSR count). The number of allylic oxidation sites excluding steroid dienone is 4. The van der Waals surface area contributed by atoms with Gasteiger partial charge < -0.3 is 29.8 Å². The molecule has 2 aliphatic rings. The number of ether oxygens (including phenoxy) is 2. The summed E-state index contributed by atoms with van der Waals surface area (Å²) in [7, 11) is 0. The van der Waals surface area contributed by atoms with Gasteiger partial charge in [0.25, 0.3) is 0 Å². The minimum atomic E-state index is -0.138. The minimum Gasteiger partial charge on any atom is -0.377 e. The van der Waals surface area contributed by atoms with E-state index in [-0.39, 0.29) is 29.3 Å².